The third-order valence-corrected chi connectivity index (χ3v) is 6.40. The fourth-order valence-electron chi connectivity index (χ4n) is 2.83. The summed E-state index contributed by atoms with van der Waals surface area (Å²) in [6.07, 6.45) is 0. The van der Waals surface area contributed by atoms with Gasteiger partial charge in [-0.2, -0.15) is 0 Å². The molecule has 0 aliphatic rings. The molecule has 0 radical (unpaired) electrons. The average Bonchev–Trinajstić information content (AvgIpc) is 2.88. The van der Waals surface area contributed by atoms with E-state index < -0.39 is 17.7 Å². The molecule has 0 aliphatic carbocycles. The van der Waals surface area contributed by atoms with Crippen LogP contribution in [0.4, 0.5) is 0 Å². The van der Waals surface area contributed by atoms with E-state index in [4.69, 9.17) is 89.3 Å². The Morgan fingerprint density at radius 2 is 0.974 bits per heavy atom. The van der Waals surface area contributed by atoms with E-state index in [1.165, 1.54) is 46.5 Å². The molecule has 0 saturated carbocycles. The van der Waals surface area contributed by atoms with E-state index in [0.717, 1.165) is 0 Å². The molecule has 14 heteroatoms. The number of methoxy groups -OCH3 is 3. The summed E-state index contributed by atoms with van der Waals surface area (Å²) in [5.41, 5.74) is 0.102. The van der Waals surface area contributed by atoms with Crippen molar-refractivity contribution in [2.24, 2.45) is 0 Å². The summed E-state index contributed by atoms with van der Waals surface area (Å²) in [7, 11) is 4.12. The van der Waals surface area contributed by atoms with E-state index in [-0.39, 0.29) is 37.7 Å². The first-order valence-corrected chi connectivity index (χ1v) is 12.5. The van der Waals surface area contributed by atoms with Gasteiger partial charge >= 0.3 is 11.9 Å². The van der Waals surface area contributed by atoms with Crippen LogP contribution in [-0.4, -0.2) is 49.3 Å². The zero-order valence-corrected chi connectivity index (χ0v) is 25.1. The fourth-order valence-corrected chi connectivity index (χ4v) is 4.20. The van der Waals surface area contributed by atoms with Crippen molar-refractivity contribution in [2.45, 2.75) is 6.92 Å². The molecule has 8 nitrogen and oxygen atoms in total. The molecule has 0 fully saturated rings. The highest BCUT2D eigenvalue weighted by Crippen LogP contribution is 2.35. The van der Waals surface area contributed by atoms with Gasteiger partial charge in [0.25, 0.3) is 0 Å². The maximum Gasteiger partial charge on any atom is 0.343 e. The van der Waals surface area contributed by atoms with Crippen molar-refractivity contribution in [3.05, 3.63) is 83.2 Å². The van der Waals surface area contributed by atoms with Crippen LogP contribution < -0.4 is 9.47 Å². The molecule has 2 N–H and O–H groups in total. The molecular formula is C25H20Cl6O8. The highest BCUT2D eigenvalue weighted by Gasteiger charge is 2.20. The molecule has 0 saturated heterocycles. The van der Waals surface area contributed by atoms with Gasteiger partial charge in [0.2, 0.25) is 0 Å². The predicted molar refractivity (Wildman–Crippen MR) is 152 cm³/mol. The Morgan fingerprint density at radius 1 is 0.615 bits per heavy atom. The van der Waals surface area contributed by atoms with Crippen LogP contribution in [0.1, 0.15) is 38.0 Å². The number of ketones is 1. The van der Waals surface area contributed by atoms with Gasteiger partial charge in [0, 0.05) is 0 Å². The van der Waals surface area contributed by atoms with E-state index in [2.05, 4.69) is 4.74 Å². The largest absolute Gasteiger partial charge is 0.505 e. The number of carbonyl (C=O) groups excluding carboxylic acids is 2. The third kappa shape index (κ3) is 8.96. The van der Waals surface area contributed by atoms with Crippen LogP contribution in [0.25, 0.3) is 0 Å². The van der Waals surface area contributed by atoms with E-state index in [0.29, 0.717) is 26.4 Å². The number of carboxylic acid groups (broad SMARTS) is 1. The first-order valence-electron chi connectivity index (χ1n) is 10.3. The summed E-state index contributed by atoms with van der Waals surface area (Å²) in [4.78, 5) is 33.0. The minimum Gasteiger partial charge on any atom is -0.505 e. The van der Waals surface area contributed by atoms with Gasteiger partial charge in [-0.15, -0.1) is 0 Å². The molecule has 0 aliphatic heterocycles. The van der Waals surface area contributed by atoms with E-state index in [9.17, 15) is 14.4 Å². The van der Waals surface area contributed by atoms with Crippen molar-refractivity contribution in [3.63, 3.8) is 0 Å². The molecular weight excluding hydrogens is 641 g/mol. The van der Waals surface area contributed by atoms with Crippen LogP contribution in [0, 0.1) is 0 Å². The van der Waals surface area contributed by atoms with E-state index >= 15 is 0 Å². The van der Waals surface area contributed by atoms with Gasteiger partial charge in [-0.1, -0.05) is 69.6 Å². The highest BCUT2D eigenvalue weighted by molar-refractivity contribution is 6.38. The molecule has 0 bridgehead atoms. The third-order valence-electron chi connectivity index (χ3n) is 4.56. The van der Waals surface area contributed by atoms with Crippen molar-refractivity contribution < 1.29 is 38.8 Å². The Hall–Kier alpha value is -2.59. The zero-order valence-electron chi connectivity index (χ0n) is 20.6. The smallest absolute Gasteiger partial charge is 0.343 e. The number of Topliss-reactive ketones (excluding diaryl/α,β-unsaturated/α-hetero) is 1. The number of halogens is 6. The Morgan fingerprint density at radius 3 is 1.31 bits per heavy atom. The molecule has 0 aromatic heterocycles. The number of ether oxygens (including phenoxy) is 3. The van der Waals surface area contributed by atoms with Crippen molar-refractivity contribution in [2.75, 3.05) is 21.3 Å². The lowest BCUT2D eigenvalue weighted by Crippen LogP contribution is -2.05. The van der Waals surface area contributed by atoms with Crippen molar-refractivity contribution in [1.82, 2.24) is 0 Å². The second-order valence-electron chi connectivity index (χ2n) is 6.98. The molecule has 0 amide bonds. The number of carbonyl (C=O) groups is 3. The Kier molecular flexibility index (Phi) is 14.0. The second kappa shape index (κ2) is 15.9. The Bertz CT molecular complexity index is 1380. The van der Waals surface area contributed by atoms with Gasteiger partial charge in [-0.25, -0.2) is 9.59 Å². The van der Waals surface area contributed by atoms with Crippen LogP contribution in [-0.2, 0) is 4.74 Å². The summed E-state index contributed by atoms with van der Waals surface area (Å²) in [5.74, 6) is -1.98. The number of carboxylic acids is 1. The quantitative estimate of drug-likeness (QED) is 0.207. The van der Waals surface area contributed by atoms with E-state index in [1.54, 1.807) is 18.2 Å². The average molecular weight is 661 g/mol. The number of aromatic hydroxyl groups is 1. The molecule has 39 heavy (non-hydrogen) atoms. The Balaban J connectivity index is 0.000000293. The van der Waals surface area contributed by atoms with Gasteiger partial charge < -0.3 is 24.4 Å². The standard InChI is InChI=1S/C9H8Cl2O3.C9H8Cl2O2.C7H4Cl2O3/c1-13-8-6(11)4-3-5(10)7(8)9(12)14-2;1-5(12)8-6(10)3-4-7(11)9(8)13-2;8-3-1-2-4(9)6(10)5(3)7(11)12/h3-4H,1-2H3;3-4H,1-2H3;1-2,10H,(H,11,12). The van der Waals surface area contributed by atoms with Crippen LogP contribution in [0.3, 0.4) is 0 Å². The maximum atomic E-state index is 11.3. The Labute approximate surface area is 253 Å². The zero-order chi connectivity index (χ0) is 30.0. The van der Waals surface area contributed by atoms with Gasteiger partial charge in [-0.05, 0) is 43.3 Å². The van der Waals surface area contributed by atoms with Gasteiger partial charge in [0.15, 0.2) is 11.5 Å². The maximum absolute atomic E-state index is 11.3. The van der Waals surface area contributed by atoms with Crippen molar-refractivity contribution in [3.8, 4) is 17.2 Å². The number of aromatic carboxylic acids is 1. The van der Waals surface area contributed by atoms with Crippen molar-refractivity contribution in [1.29, 1.82) is 0 Å². The number of phenols is 1. The molecule has 0 unspecified atom stereocenters. The molecule has 3 aromatic carbocycles. The first-order chi connectivity index (χ1) is 18.2. The highest BCUT2D eigenvalue weighted by atomic mass is 35.5. The lowest BCUT2D eigenvalue weighted by atomic mass is 10.1. The van der Waals surface area contributed by atoms with E-state index in [1.807, 2.05) is 0 Å². The fraction of sp³-hybridized carbons (Fsp3) is 0.160. The number of hydrogen-bond donors (Lipinski definition) is 2. The van der Waals surface area contributed by atoms with Gasteiger partial charge in [-0.3, -0.25) is 4.79 Å². The summed E-state index contributed by atoms with van der Waals surface area (Å²) in [5, 5.41) is 19.0. The number of rotatable bonds is 5. The molecule has 3 aromatic rings. The summed E-state index contributed by atoms with van der Waals surface area (Å²) in [6, 6.07) is 8.87. The molecule has 0 heterocycles. The minimum atomic E-state index is -1.31. The first kappa shape index (κ1) is 34.4. The van der Waals surface area contributed by atoms with Crippen LogP contribution in [0.15, 0.2) is 36.4 Å². The second-order valence-corrected chi connectivity index (χ2v) is 9.42. The SMILES string of the molecule is COC(=O)c1c(Cl)ccc(Cl)c1OC.COc1c(Cl)ccc(Cl)c1C(C)=O.O=C(O)c1c(Cl)ccc(Cl)c1O. The number of esters is 1. The van der Waals surface area contributed by atoms with Crippen LogP contribution >= 0.6 is 69.6 Å². The number of benzene rings is 3. The molecule has 0 atom stereocenters. The van der Waals surface area contributed by atoms with Crippen LogP contribution in [0.2, 0.25) is 30.1 Å². The molecule has 210 valence electrons. The van der Waals surface area contributed by atoms with Gasteiger partial charge in [0.05, 0.1) is 57.0 Å². The number of hydrogen-bond acceptors (Lipinski definition) is 7. The molecule has 3 rings (SSSR count). The van der Waals surface area contributed by atoms with Gasteiger partial charge in [0.1, 0.15) is 22.6 Å². The minimum absolute atomic E-state index is 0.0307. The molecule has 0 spiro atoms. The normalized spacial score (nSPS) is 9.79. The van der Waals surface area contributed by atoms with Crippen LogP contribution in [0.5, 0.6) is 17.2 Å². The summed E-state index contributed by atoms with van der Waals surface area (Å²) < 4.78 is 14.5. The summed E-state index contributed by atoms with van der Waals surface area (Å²) >= 11 is 34.2. The lowest BCUT2D eigenvalue weighted by molar-refractivity contribution is 0.0596. The summed E-state index contributed by atoms with van der Waals surface area (Å²) in [6.45, 7) is 1.42. The monoisotopic (exact) mass is 658 g/mol. The van der Waals surface area contributed by atoms with Crippen molar-refractivity contribution >= 4 is 87.3 Å². The predicted octanol–water partition coefficient (Wildman–Crippen LogP) is 8.39. The topological polar surface area (TPSA) is 119 Å². The lowest BCUT2D eigenvalue weighted by Gasteiger charge is -2.09.